The number of fused-ring (bicyclic) bond motifs is 1. The van der Waals surface area contributed by atoms with E-state index in [4.69, 9.17) is 11.6 Å². The SMILES string of the molecule is FS(F)(F)(F)(F)c1ccc2ccc(Cl)nc2c1. The molecule has 0 amide bonds. The van der Waals surface area contributed by atoms with Crippen LogP contribution in [0.1, 0.15) is 0 Å². The van der Waals surface area contributed by atoms with Gasteiger partial charge in [0.05, 0.1) is 5.52 Å². The number of aromatic nitrogens is 1. The predicted molar refractivity (Wildman–Crippen MR) is 58.2 cm³/mol. The Hall–Kier alpha value is -1.08. The number of pyridine rings is 1. The second kappa shape index (κ2) is 2.84. The van der Waals surface area contributed by atoms with Crippen LogP contribution in [0.15, 0.2) is 35.2 Å². The van der Waals surface area contributed by atoms with Crippen molar-refractivity contribution in [3.05, 3.63) is 35.5 Å². The lowest BCUT2D eigenvalue weighted by molar-refractivity contribution is 0.364. The van der Waals surface area contributed by atoms with Crippen LogP contribution < -0.4 is 0 Å². The van der Waals surface area contributed by atoms with Gasteiger partial charge in [-0.15, -0.1) is 0 Å². The second-order valence-electron chi connectivity index (χ2n) is 3.46. The Morgan fingerprint density at radius 3 is 2.12 bits per heavy atom. The van der Waals surface area contributed by atoms with Gasteiger partial charge < -0.3 is 0 Å². The van der Waals surface area contributed by atoms with Crippen LogP contribution in [-0.2, 0) is 0 Å². The average molecular weight is 290 g/mol. The first-order valence-corrected chi connectivity index (χ1v) is 6.59. The van der Waals surface area contributed by atoms with Gasteiger partial charge in [-0.3, -0.25) is 0 Å². The van der Waals surface area contributed by atoms with Crippen molar-refractivity contribution >= 4 is 32.7 Å². The summed E-state index contributed by atoms with van der Waals surface area (Å²) >= 11 is 5.48. The molecular weight excluding hydrogens is 285 g/mol. The molecule has 0 aliphatic heterocycles. The number of rotatable bonds is 1. The lowest BCUT2D eigenvalue weighted by Crippen LogP contribution is -2.05. The van der Waals surface area contributed by atoms with Gasteiger partial charge in [0, 0.05) is 5.39 Å². The fourth-order valence-electron chi connectivity index (χ4n) is 1.31. The van der Waals surface area contributed by atoms with Crippen molar-refractivity contribution in [1.29, 1.82) is 0 Å². The van der Waals surface area contributed by atoms with Crippen molar-refractivity contribution in [3.8, 4) is 0 Å². The van der Waals surface area contributed by atoms with Gasteiger partial charge in [0.25, 0.3) is 0 Å². The van der Waals surface area contributed by atoms with Gasteiger partial charge in [-0.2, -0.15) is 0 Å². The minimum Gasteiger partial charge on any atom is -0.236 e. The van der Waals surface area contributed by atoms with E-state index in [0.717, 1.165) is 6.07 Å². The summed E-state index contributed by atoms with van der Waals surface area (Å²) in [5, 5.41) is 0.247. The molecule has 0 saturated carbocycles. The maximum Gasteiger partial charge on any atom is 0.310 e. The molecule has 0 N–H and O–H groups in total. The zero-order valence-electron chi connectivity index (χ0n) is 8.01. The molecule has 0 aliphatic carbocycles. The van der Waals surface area contributed by atoms with E-state index in [2.05, 4.69) is 4.98 Å². The molecule has 0 atom stereocenters. The molecule has 0 spiro atoms. The van der Waals surface area contributed by atoms with Gasteiger partial charge >= 0.3 is 10.2 Å². The summed E-state index contributed by atoms with van der Waals surface area (Å²) in [6.45, 7) is 0. The Labute approximate surface area is 97.9 Å². The summed E-state index contributed by atoms with van der Waals surface area (Å²) in [7, 11) is -9.66. The van der Waals surface area contributed by atoms with E-state index >= 15 is 0 Å². The standard InChI is InChI=1S/C9H5ClF5NS/c10-9-4-2-6-1-3-7(5-8(6)16-9)17(11,12,13,14)15/h1-5H. The molecule has 8 heteroatoms. The Bertz CT molecular complexity index is 609. The van der Waals surface area contributed by atoms with Crippen LogP contribution in [0.25, 0.3) is 10.9 Å². The summed E-state index contributed by atoms with van der Waals surface area (Å²) < 4.78 is 62.6. The molecule has 0 aliphatic rings. The van der Waals surface area contributed by atoms with E-state index in [1.54, 1.807) is 0 Å². The Morgan fingerprint density at radius 2 is 1.53 bits per heavy atom. The topological polar surface area (TPSA) is 12.9 Å². The number of nitrogens with zero attached hydrogens (tertiary/aromatic N) is 1. The minimum absolute atomic E-state index is 0.0585. The quantitative estimate of drug-likeness (QED) is 0.496. The normalized spacial score (nSPS) is 16.6. The molecule has 1 aromatic carbocycles. The van der Waals surface area contributed by atoms with Crippen LogP contribution in [-0.4, -0.2) is 4.98 Å². The van der Waals surface area contributed by atoms with E-state index in [0.29, 0.717) is 17.5 Å². The zero-order valence-corrected chi connectivity index (χ0v) is 9.58. The van der Waals surface area contributed by atoms with Crippen LogP contribution in [0.5, 0.6) is 0 Å². The third-order valence-corrected chi connectivity index (χ3v) is 3.43. The van der Waals surface area contributed by atoms with E-state index in [9.17, 15) is 19.4 Å². The molecular formula is C9H5ClF5NS. The minimum atomic E-state index is -9.66. The van der Waals surface area contributed by atoms with Gasteiger partial charge in [0.1, 0.15) is 10.0 Å². The van der Waals surface area contributed by atoms with Crippen molar-refractivity contribution in [2.75, 3.05) is 0 Å². The van der Waals surface area contributed by atoms with Gasteiger partial charge in [-0.05, 0) is 24.3 Å². The molecule has 0 unspecified atom stereocenters. The molecule has 94 valence electrons. The van der Waals surface area contributed by atoms with Crippen molar-refractivity contribution in [2.45, 2.75) is 4.90 Å². The Kier molecular flexibility index (Phi) is 2.07. The smallest absolute Gasteiger partial charge is 0.236 e. The van der Waals surface area contributed by atoms with Crippen molar-refractivity contribution < 1.29 is 19.4 Å². The molecule has 1 aromatic heterocycles. The maximum atomic E-state index is 12.5. The molecule has 2 aromatic rings. The molecule has 0 fully saturated rings. The molecule has 2 rings (SSSR count). The lowest BCUT2D eigenvalue weighted by Gasteiger charge is -2.40. The molecule has 0 radical (unpaired) electrons. The summed E-state index contributed by atoms with van der Waals surface area (Å²) in [4.78, 5) is 1.60. The van der Waals surface area contributed by atoms with Crippen LogP contribution in [0.4, 0.5) is 19.4 Å². The highest BCUT2D eigenvalue weighted by atomic mass is 35.5. The van der Waals surface area contributed by atoms with Gasteiger partial charge in [-0.25, -0.2) is 4.98 Å². The first-order valence-electron chi connectivity index (χ1n) is 4.26. The number of benzene rings is 1. The molecule has 0 saturated heterocycles. The molecule has 0 bridgehead atoms. The number of halogens is 6. The van der Waals surface area contributed by atoms with Crippen molar-refractivity contribution in [3.63, 3.8) is 0 Å². The van der Waals surface area contributed by atoms with Gasteiger partial charge in [0.2, 0.25) is 0 Å². The predicted octanol–water partition coefficient (Wildman–Crippen LogP) is 5.55. The van der Waals surface area contributed by atoms with Gasteiger partial charge in [0.15, 0.2) is 0 Å². The van der Waals surface area contributed by atoms with E-state index in [1.807, 2.05) is 0 Å². The van der Waals surface area contributed by atoms with E-state index in [-0.39, 0.29) is 10.7 Å². The fraction of sp³-hybridized carbons (Fsp3) is 0. The summed E-state index contributed by atoms with van der Waals surface area (Å²) in [6.07, 6.45) is 0. The molecule has 1 heterocycles. The monoisotopic (exact) mass is 289 g/mol. The third-order valence-electron chi connectivity index (χ3n) is 2.08. The third kappa shape index (κ3) is 2.61. The average Bonchev–Trinajstić information content (AvgIpc) is 2.13. The molecule has 17 heavy (non-hydrogen) atoms. The van der Waals surface area contributed by atoms with Crippen LogP contribution in [0.2, 0.25) is 5.15 Å². The Balaban J connectivity index is 2.76. The number of hydrogen-bond acceptors (Lipinski definition) is 1. The first-order chi connectivity index (χ1) is 7.45. The van der Waals surface area contributed by atoms with Crippen molar-refractivity contribution in [1.82, 2.24) is 4.98 Å². The highest BCUT2D eigenvalue weighted by Crippen LogP contribution is 3.02. The van der Waals surface area contributed by atoms with Crippen LogP contribution in [0, 0.1) is 0 Å². The summed E-state index contributed by atoms with van der Waals surface area (Å²) in [6, 6.07) is 4.36. The lowest BCUT2D eigenvalue weighted by atomic mass is 10.2. The maximum absolute atomic E-state index is 12.5. The highest BCUT2D eigenvalue weighted by molar-refractivity contribution is 8.45. The van der Waals surface area contributed by atoms with E-state index < -0.39 is 15.1 Å². The summed E-state index contributed by atoms with van der Waals surface area (Å²) in [5.41, 5.74) is -0.219. The van der Waals surface area contributed by atoms with Crippen LogP contribution in [0.3, 0.4) is 0 Å². The number of hydrogen-bond donors (Lipinski definition) is 0. The Morgan fingerprint density at radius 1 is 0.941 bits per heavy atom. The highest BCUT2D eigenvalue weighted by Gasteiger charge is 2.65. The first kappa shape index (κ1) is 12.4. The second-order valence-corrected chi connectivity index (χ2v) is 6.25. The molecule has 1 nitrogen and oxygen atoms in total. The zero-order chi connectivity index (χ0) is 13.0. The van der Waals surface area contributed by atoms with E-state index in [1.165, 1.54) is 12.1 Å². The summed E-state index contributed by atoms with van der Waals surface area (Å²) in [5.74, 6) is 0. The van der Waals surface area contributed by atoms with Crippen LogP contribution >= 0.6 is 21.8 Å². The van der Waals surface area contributed by atoms with Crippen molar-refractivity contribution in [2.24, 2.45) is 0 Å². The van der Waals surface area contributed by atoms with Gasteiger partial charge in [-0.1, -0.05) is 37.1 Å². The largest absolute Gasteiger partial charge is 0.310 e. The fourth-order valence-corrected chi connectivity index (χ4v) is 2.13.